The Morgan fingerprint density at radius 3 is 2.74 bits per heavy atom. The zero-order valence-electron chi connectivity index (χ0n) is 12.9. The lowest BCUT2D eigenvalue weighted by molar-refractivity contribution is -0.385. The number of hydrogen-bond acceptors (Lipinski definition) is 6. The molecule has 3 heterocycles. The van der Waals surface area contributed by atoms with Crippen LogP contribution in [0.15, 0.2) is 18.3 Å². The lowest BCUT2D eigenvalue weighted by Gasteiger charge is -2.36. The molecule has 0 aliphatic carbocycles. The van der Waals surface area contributed by atoms with Crippen molar-refractivity contribution in [2.45, 2.75) is 12.8 Å². The molecule has 2 aliphatic heterocycles. The van der Waals surface area contributed by atoms with Crippen molar-refractivity contribution >= 4 is 29.2 Å². The van der Waals surface area contributed by atoms with E-state index in [-0.39, 0.29) is 17.5 Å². The SMILES string of the molecule is O=C([C@@H]1CCCN(c2ccc([N+](=O)[O-])cn2)C1)N1CCSCC1. The average Bonchev–Trinajstić information content (AvgIpc) is 2.62. The Morgan fingerprint density at radius 1 is 1.30 bits per heavy atom. The van der Waals surface area contributed by atoms with Gasteiger partial charge in [0.15, 0.2) is 0 Å². The highest BCUT2D eigenvalue weighted by molar-refractivity contribution is 7.99. The van der Waals surface area contributed by atoms with Crippen LogP contribution in [-0.2, 0) is 4.79 Å². The minimum Gasteiger partial charge on any atom is -0.356 e. The smallest absolute Gasteiger partial charge is 0.287 e. The fourth-order valence-electron chi connectivity index (χ4n) is 3.10. The lowest BCUT2D eigenvalue weighted by atomic mass is 9.96. The molecule has 3 rings (SSSR count). The molecule has 7 nitrogen and oxygen atoms in total. The van der Waals surface area contributed by atoms with Crippen LogP contribution in [0.5, 0.6) is 0 Å². The molecule has 0 unspecified atom stereocenters. The maximum Gasteiger partial charge on any atom is 0.287 e. The molecule has 1 aromatic rings. The van der Waals surface area contributed by atoms with Crippen LogP contribution in [0.4, 0.5) is 11.5 Å². The summed E-state index contributed by atoms with van der Waals surface area (Å²) in [6.45, 7) is 3.17. The number of amides is 1. The van der Waals surface area contributed by atoms with Gasteiger partial charge >= 0.3 is 0 Å². The summed E-state index contributed by atoms with van der Waals surface area (Å²) in [6, 6.07) is 3.14. The highest BCUT2D eigenvalue weighted by Crippen LogP contribution is 2.25. The van der Waals surface area contributed by atoms with Crippen LogP contribution in [0, 0.1) is 16.0 Å². The maximum absolute atomic E-state index is 12.7. The monoisotopic (exact) mass is 336 g/mol. The van der Waals surface area contributed by atoms with Gasteiger partial charge in [-0.1, -0.05) is 0 Å². The van der Waals surface area contributed by atoms with Crippen LogP contribution >= 0.6 is 11.8 Å². The molecule has 1 aromatic heterocycles. The van der Waals surface area contributed by atoms with Crippen molar-refractivity contribution in [2.24, 2.45) is 5.92 Å². The van der Waals surface area contributed by atoms with E-state index in [4.69, 9.17) is 0 Å². The first-order chi connectivity index (χ1) is 11.1. The maximum atomic E-state index is 12.7. The number of hydrogen-bond donors (Lipinski definition) is 0. The summed E-state index contributed by atoms with van der Waals surface area (Å²) in [5.41, 5.74) is -0.01000. The number of carbonyl (C=O) groups is 1. The van der Waals surface area contributed by atoms with Gasteiger partial charge in [0.2, 0.25) is 5.91 Å². The van der Waals surface area contributed by atoms with E-state index < -0.39 is 4.92 Å². The summed E-state index contributed by atoms with van der Waals surface area (Å²) in [5, 5.41) is 10.7. The van der Waals surface area contributed by atoms with E-state index in [1.165, 1.54) is 12.3 Å². The minimum atomic E-state index is -0.451. The first-order valence-corrected chi connectivity index (χ1v) is 9.02. The zero-order valence-corrected chi connectivity index (χ0v) is 13.7. The van der Waals surface area contributed by atoms with Gasteiger partial charge in [-0.2, -0.15) is 11.8 Å². The number of pyridine rings is 1. The van der Waals surface area contributed by atoms with E-state index in [2.05, 4.69) is 9.88 Å². The van der Waals surface area contributed by atoms with E-state index in [9.17, 15) is 14.9 Å². The van der Waals surface area contributed by atoms with Crippen LogP contribution in [0.1, 0.15) is 12.8 Å². The van der Waals surface area contributed by atoms with Crippen LogP contribution in [0.2, 0.25) is 0 Å². The third-order valence-corrected chi connectivity index (χ3v) is 5.30. The standard InChI is InChI=1S/C15H20N4O3S/c20-15(17-6-8-23-9-7-17)12-2-1-5-18(11-12)14-4-3-13(10-16-14)19(21)22/h3-4,10,12H,1-2,5-9,11H2/t12-/m1/s1. The number of piperidine rings is 1. The molecule has 0 bridgehead atoms. The van der Waals surface area contributed by atoms with Gasteiger partial charge in [-0.15, -0.1) is 0 Å². The second-order valence-corrected chi connectivity index (χ2v) is 7.08. The Balaban J connectivity index is 1.65. The fourth-order valence-corrected chi connectivity index (χ4v) is 4.01. The van der Waals surface area contributed by atoms with Crippen LogP contribution in [0.25, 0.3) is 0 Å². The second kappa shape index (κ2) is 7.16. The average molecular weight is 336 g/mol. The predicted molar refractivity (Wildman–Crippen MR) is 89.7 cm³/mol. The number of carbonyl (C=O) groups excluding carboxylic acids is 1. The number of nitro groups is 1. The summed E-state index contributed by atoms with van der Waals surface area (Å²) in [5.74, 6) is 3.00. The first kappa shape index (κ1) is 16.0. The third kappa shape index (κ3) is 3.74. The number of aromatic nitrogens is 1. The summed E-state index contributed by atoms with van der Waals surface area (Å²) in [4.78, 5) is 31.1. The van der Waals surface area contributed by atoms with Gasteiger partial charge in [0.25, 0.3) is 5.69 Å². The molecule has 0 N–H and O–H groups in total. The van der Waals surface area contributed by atoms with Gasteiger partial charge in [0.05, 0.1) is 10.8 Å². The molecular weight excluding hydrogens is 316 g/mol. The molecule has 2 aliphatic rings. The van der Waals surface area contributed by atoms with Gasteiger partial charge in [-0.05, 0) is 18.9 Å². The fraction of sp³-hybridized carbons (Fsp3) is 0.600. The van der Waals surface area contributed by atoms with E-state index >= 15 is 0 Å². The highest BCUT2D eigenvalue weighted by Gasteiger charge is 2.30. The summed E-state index contributed by atoms with van der Waals surface area (Å²) >= 11 is 1.89. The summed E-state index contributed by atoms with van der Waals surface area (Å²) in [6.07, 6.45) is 3.13. The molecule has 23 heavy (non-hydrogen) atoms. The van der Waals surface area contributed by atoms with Crippen LogP contribution < -0.4 is 4.90 Å². The number of anilines is 1. The molecule has 2 fully saturated rings. The molecule has 8 heteroatoms. The van der Waals surface area contributed by atoms with E-state index in [0.717, 1.165) is 44.0 Å². The molecule has 0 saturated carbocycles. The van der Waals surface area contributed by atoms with Crippen molar-refractivity contribution < 1.29 is 9.72 Å². The Hall–Kier alpha value is -1.83. The topological polar surface area (TPSA) is 79.6 Å². The van der Waals surface area contributed by atoms with E-state index in [1.54, 1.807) is 6.07 Å². The van der Waals surface area contributed by atoms with Gasteiger partial charge in [-0.25, -0.2) is 4.98 Å². The van der Waals surface area contributed by atoms with Gasteiger partial charge in [0.1, 0.15) is 12.0 Å². The van der Waals surface area contributed by atoms with Crippen molar-refractivity contribution in [1.29, 1.82) is 0 Å². The molecule has 2 saturated heterocycles. The van der Waals surface area contributed by atoms with Gasteiger partial charge < -0.3 is 9.80 Å². The Kier molecular flexibility index (Phi) is 5.00. The normalized spacial score (nSPS) is 22.0. The van der Waals surface area contributed by atoms with Crippen molar-refractivity contribution in [3.05, 3.63) is 28.4 Å². The van der Waals surface area contributed by atoms with Crippen molar-refractivity contribution in [3.8, 4) is 0 Å². The quantitative estimate of drug-likeness (QED) is 0.618. The molecule has 0 radical (unpaired) electrons. The molecule has 1 atom stereocenters. The Labute approximate surface area is 139 Å². The molecule has 1 amide bonds. The van der Waals surface area contributed by atoms with E-state index in [0.29, 0.717) is 12.4 Å². The van der Waals surface area contributed by atoms with Gasteiger partial charge in [-0.3, -0.25) is 14.9 Å². The molecule has 0 spiro atoms. The van der Waals surface area contributed by atoms with Crippen molar-refractivity contribution in [1.82, 2.24) is 9.88 Å². The van der Waals surface area contributed by atoms with E-state index in [1.807, 2.05) is 16.7 Å². The van der Waals surface area contributed by atoms with Crippen molar-refractivity contribution in [3.63, 3.8) is 0 Å². The van der Waals surface area contributed by atoms with Crippen molar-refractivity contribution in [2.75, 3.05) is 42.6 Å². The number of thioether (sulfide) groups is 1. The minimum absolute atomic E-state index is 0.00356. The molecule has 0 aromatic carbocycles. The first-order valence-electron chi connectivity index (χ1n) is 7.87. The number of nitrogens with zero attached hydrogens (tertiary/aromatic N) is 4. The Morgan fingerprint density at radius 2 is 2.09 bits per heavy atom. The summed E-state index contributed by atoms with van der Waals surface area (Å²) < 4.78 is 0. The largest absolute Gasteiger partial charge is 0.356 e. The van der Waals surface area contributed by atoms with Crippen LogP contribution in [0.3, 0.4) is 0 Å². The zero-order chi connectivity index (χ0) is 16.2. The lowest BCUT2D eigenvalue weighted by Crippen LogP contribution is -2.47. The Bertz CT molecular complexity index is 575. The number of rotatable bonds is 3. The van der Waals surface area contributed by atoms with Gasteiger partial charge in [0, 0.05) is 43.8 Å². The predicted octanol–water partition coefficient (Wildman–Crippen LogP) is 1.78. The van der Waals surface area contributed by atoms with Crippen LogP contribution in [-0.4, -0.2) is 58.4 Å². The highest BCUT2D eigenvalue weighted by atomic mass is 32.2. The molecular formula is C15H20N4O3S. The third-order valence-electron chi connectivity index (χ3n) is 4.36. The second-order valence-electron chi connectivity index (χ2n) is 5.85. The summed E-state index contributed by atoms with van der Waals surface area (Å²) in [7, 11) is 0. The molecule has 124 valence electrons.